The second kappa shape index (κ2) is 15.2. The fourth-order valence-electron chi connectivity index (χ4n) is 5.69. The molecule has 0 spiro atoms. The van der Waals surface area contributed by atoms with Crippen molar-refractivity contribution in [1.29, 1.82) is 5.26 Å². The van der Waals surface area contributed by atoms with Crippen LogP contribution in [-0.4, -0.2) is 80.7 Å². The normalized spacial score (nSPS) is 21.6. The lowest BCUT2D eigenvalue weighted by molar-refractivity contribution is -0.135. The van der Waals surface area contributed by atoms with E-state index >= 15 is 0 Å². The first-order valence-electron chi connectivity index (χ1n) is 13.9. The van der Waals surface area contributed by atoms with Gasteiger partial charge in [0.2, 0.25) is 5.91 Å². The quantitative estimate of drug-likeness (QED) is 0.168. The van der Waals surface area contributed by atoms with E-state index in [9.17, 15) is 14.9 Å². The predicted molar refractivity (Wildman–Crippen MR) is 138 cm³/mol. The molecule has 9 nitrogen and oxygen atoms in total. The van der Waals surface area contributed by atoms with Gasteiger partial charge < -0.3 is 14.4 Å². The molecule has 2 aliphatic carbocycles. The average Bonchev–Trinajstić information content (AvgIpc) is 3.26. The van der Waals surface area contributed by atoms with Crippen molar-refractivity contribution in [2.45, 2.75) is 83.1 Å². The number of nitriles is 1. The summed E-state index contributed by atoms with van der Waals surface area (Å²) in [5.41, 5.74) is 0. The highest BCUT2D eigenvalue weighted by molar-refractivity contribution is 5.97. The van der Waals surface area contributed by atoms with Crippen molar-refractivity contribution in [1.82, 2.24) is 15.1 Å². The topological polar surface area (TPSA) is 107 Å². The van der Waals surface area contributed by atoms with Gasteiger partial charge in [-0.3, -0.25) is 15.1 Å². The van der Waals surface area contributed by atoms with E-state index in [1.54, 1.807) is 0 Å². The molecule has 0 aromatic heterocycles. The lowest BCUT2D eigenvalue weighted by Crippen LogP contribution is -2.44. The van der Waals surface area contributed by atoms with E-state index in [2.05, 4.69) is 11.5 Å². The molecule has 2 amide bonds. The summed E-state index contributed by atoms with van der Waals surface area (Å²) in [7, 11) is 3.86. The van der Waals surface area contributed by atoms with E-state index in [4.69, 9.17) is 14.5 Å². The van der Waals surface area contributed by atoms with Crippen molar-refractivity contribution in [3.05, 3.63) is 0 Å². The number of hydrogen-bond donors (Lipinski definition) is 1. The van der Waals surface area contributed by atoms with Crippen molar-refractivity contribution < 1.29 is 19.1 Å². The van der Waals surface area contributed by atoms with Crippen LogP contribution in [0.4, 0.5) is 4.79 Å². The van der Waals surface area contributed by atoms with Gasteiger partial charge in [0.25, 0.3) is 0 Å². The summed E-state index contributed by atoms with van der Waals surface area (Å²) in [6.07, 6.45) is 13.8. The summed E-state index contributed by atoms with van der Waals surface area (Å²) < 4.78 is 10.9. The molecule has 202 valence electrons. The molecular formula is C27H45N5O4. The van der Waals surface area contributed by atoms with E-state index in [0.29, 0.717) is 38.7 Å². The van der Waals surface area contributed by atoms with Crippen molar-refractivity contribution >= 4 is 17.8 Å². The molecule has 1 unspecified atom stereocenters. The number of amides is 2. The van der Waals surface area contributed by atoms with Gasteiger partial charge in [0, 0.05) is 31.7 Å². The van der Waals surface area contributed by atoms with Crippen LogP contribution in [0.2, 0.25) is 0 Å². The number of carbonyl (C=O) groups is 2. The fourth-order valence-corrected chi connectivity index (χ4v) is 5.69. The van der Waals surface area contributed by atoms with Crippen molar-refractivity contribution in [3.8, 4) is 6.19 Å². The Hall–Kier alpha value is -2.18. The summed E-state index contributed by atoms with van der Waals surface area (Å²) in [6.45, 7) is 2.47. The first-order chi connectivity index (χ1) is 17.5. The summed E-state index contributed by atoms with van der Waals surface area (Å²) in [6, 6.07) is 0.0134. The molecule has 3 fully saturated rings. The highest BCUT2D eigenvalue weighted by atomic mass is 16.5. The van der Waals surface area contributed by atoms with Crippen molar-refractivity contribution in [2.75, 3.05) is 47.0 Å². The maximum absolute atomic E-state index is 13.8. The Bertz CT molecular complexity index is 761. The maximum atomic E-state index is 13.8. The maximum Gasteiger partial charge on any atom is 0.412 e. The second-order valence-electron chi connectivity index (χ2n) is 10.8. The SMILES string of the molecule is CN(C)CCOC(=O)NC(=NCC(C(=O)N(C#N)C1CCCC1)C1CCCCCC1)C1CCOCC1. The van der Waals surface area contributed by atoms with E-state index in [0.717, 1.165) is 64.2 Å². The first kappa shape index (κ1) is 28.4. The third kappa shape index (κ3) is 8.74. The molecule has 9 heteroatoms. The van der Waals surface area contributed by atoms with Gasteiger partial charge in [-0.2, -0.15) is 5.26 Å². The van der Waals surface area contributed by atoms with E-state index in [1.807, 2.05) is 19.0 Å². The summed E-state index contributed by atoms with van der Waals surface area (Å²) >= 11 is 0. The number of alkyl carbamates (subject to hydrolysis) is 1. The number of amidine groups is 1. The Morgan fingerprint density at radius 1 is 1.03 bits per heavy atom. The monoisotopic (exact) mass is 503 g/mol. The molecule has 1 N–H and O–H groups in total. The molecule has 0 radical (unpaired) electrons. The number of hydrogen-bond acceptors (Lipinski definition) is 7. The van der Waals surface area contributed by atoms with Crippen LogP contribution in [0.3, 0.4) is 0 Å². The Labute approximate surface area is 216 Å². The van der Waals surface area contributed by atoms with Crippen LogP contribution < -0.4 is 5.32 Å². The largest absolute Gasteiger partial charge is 0.448 e. The zero-order chi connectivity index (χ0) is 25.8. The van der Waals surface area contributed by atoms with Gasteiger partial charge in [-0.1, -0.05) is 38.5 Å². The summed E-state index contributed by atoms with van der Waals surface area (Å²) in [4.78, 5) is 34.6. The standard InChI is InChI=1S/C27H45N5O4/c1-31(2)15-18-36-27(34)30-25(22-13-16-35-17-14-22)29-19-24(21-9-5-3-4-6-10-21)26(33)32(20-28)23-11-7-8-12-23/h21-24H,3-19H2,1-2H3,(H,29,30,34). The van der Waals surface area contributed by atoms with Crippen LogP contribution in [0.1, 0.15) is 77.0 Å². The Balaban J connectivity index is 1.78. The smallest absolute Gasteiger partial charge is 0.412 e. The number of rotatable bonds is 9. The fraction of sp³-hybridized carbons (Fsp3) is 0.852. The lowest BCUT2D eigenvalue weighted by atomic mass is 9.84. The summed E-state index contributed by atoms with van der Waals surface area (Å²) in [5.74, 6) is 0.435. The van der Waals surface area contributed by atoms with Crippen LogP contribution in [0.15, 0.2) is 4.99 Å². The van der Waals surface area contributed by atoms with Gasteiger partial charge in [-0.15, -0.1) is 0 Å². The van der Waals surface area contributed by atoms with E-state index in [1.165, 1.54) is 17.7 Å². The van der Waals surface area contributed by atoms with E-state index < -0.39 is 6.09 Å². The predicted octanol–water partition coefficient (Wildman–Crippen LogP) is 3.94. The molecule has 36 heavy (non-hydrogen) atoms. The molecule has 1 saturated heterocycles. The third-order valence-corrected chi connectivity index (χ3v) is 7.89. The van der Waals surface area contributed by atoms with Gasteiger partial charge in [0.15, 0.2) is 6.19 Å². The van der Waals surface area contributed by atoms with Crippen LogP contribution in [-0.2, 0) is 14.3 Å². The van der Waals surface area contributed by atoms with Gasteiger partial charge >= 0.3 is 6.09 Å². The zero-order valence-corrected chi connectivity index (χ0v) is 22.3. The van der Waals surface area contributed by atoms with Crippen LogP contribution in [0.25, 0.3) is 0 Å². The average molecular weight is 504 g/mol. The van der Waals surface area contributed by atoms with Crippen molar-refractivity contribution in [2.24, 2.45) is 22.7 Å². The Morgan fingerprint density at radius 3 is 2.28 bits per heavy atom. The zero-order valence-electron chi connectivity index (χ0n) is 22.3. The van der Waals surface area contributed by atoms with E-state index in [-0.39, 0.29) is 29.7 Å². The first-order valence-corrected chi connectivity index (χ1v) is 13.9. The molecule has 1 atom stereocenters. The molecule has 2 saturated carbocycles. The molecule has 3 rings (SSSR count). The minimum absolute atomic E-state index is 0.0134. The number of ether oxygens (including phenoxy) is 2. The lowest BCUT2D eigenvalue weighted by Gasteiger charge is -2.30. The highest BCUT2D eigenvalue weighted by Gasteiger charge is 2.36. The molecule has 1 aliphatic heterocycles. The highest BCUT2D eigenvalue weighted by Crippen LogP contribution is 2.33. The molecular weight excluding hydrogens is 458 g/mol. The van der Waals surface area contributed by atoms with Crippen molar-refractivity contribution in [3.63, 3.8) is 0 Å². The molecule has 0 aromatic carbocycles. The number of nitrogens with one attached hydrogen (secondary N) is 1. The number of likely N-dealkylation sites (N-methyl/N-ethyl adjacent to an activating group) is 1. The molecule has 1 heterocycles. The van der Waals surface area contributed by atoms with Gasteiger partial charge in [0.1, 0.15) is 12.4 Å². The number of aliphatic imine (C=N–C) groups is 1. The second-order valence-corrected chi connectivity index (χ2v) is 10.8. The molecule has 0 aromatic rings. The number of carbonyl (C=O) groups excluding carboxylic acids is 2. The van der Waals surface area contributed by atoms with Crippen LogP contribution in [0.5, 0.6) is 0 Å². The minimum atomic E-state index is -0.510. The van der Waals surface area contributed by atoms with Crippen LogP contribution >= 0.6 is 0 Å². The molecule has 3 aliphatic rings. The number of nitrogens with zero attached hydrogens (tertiary/aromatic N) is 4. The Morgan fingerprint density at radius 2 is 1.67 bits per heavy atom. The Kier molecular flexibility index (Phi) is 12.0. The van der Waals surface area contributed by atoms with Gasteiger partial charge in [0.05, 0.1) is 12.5 Å². The van der Waals surface area contributed by atoms with Gasteiger partial charge in [-0.05, 0) is 58.5 Å². The molecule has 0 bridgehead atoms. The minimum Gasteiger partial charge on any atom is -0.448 e. The summed E-state index contributed by atoms with van der Waals surface area (Å²) in [5, 5.41) is 12.8. The van der Waals surface area contributed by atoms with Gasteiger partial charge in [-0.25, -0.2) is 9.69 Å². The van der Waals surface area contributed by atoms with Crippen LogP contribution in [0, 0.1) is 29.2 Å². The third-order valence-electron chi connectivity index (χ3n) is 7.89.